The van der Waals surface area contributed by atoms with E-state index in [0.717, 1.165) is 18.7 Å². The van der Waals surface area contributed by atoms with Crippen molar-refractivity contribution in [3.05, 3.63) is 22.7 Å². The summed E-state index contributed by atoms with van der Waals surface area (Å²) in [6, 6.07) is 0. The van der Waals surface area contributed by atoms with E-state index in [1.807, 2.05) is 0 Å². The van der Waals surface area contributed by atoms with Gasteiger partial charge in [0.05, 0.1) is 13.2 Å². The highest BCUT2D eigenvalue weighted by atomic mass is 32.1. The molecule has 1 amide bonds. The maximum atomic E-state index is 12.3. The first-order valence-electron chi connectivity index (χ1n) is 6.87. The maximum Gasteiger partial charge on any atom is 0.275 e. The number of rotatable bonds is 4. The molecule has 0 radical (unpaired) electrons. The van der Waals surface area contributed by atoms with Crippen molar-refractivity contribution < 1.29 is 9.53 Å². The number of carbonyl (C=O) groups is 1. The van der Waals surface area contributed by atoms with Gasteiger partial charge in [-0.3, -0.25) is 9.89 Å². The van der Waals surface area contributed by atoms with Gasteiger partial charge in [-0.2, -0.15) is 5.10 Å². The summed E-state index contributed by atoms with van der Waals surface area (Å²) in [5.74, 6) is 1.33. The SMILES string of the molecule is CCCc1nc([C@H]2CN(C(=O)c3csnn3)CCO2)n[nH]1. The van der Waals surface area contributed by atoms with E-state index in [2.05, 4.69) is 31.7 Å². The summed E-state index contributed by atoms with van der Waals surface area (Å²) in [5.41, 5.74) is 0.377. The average Bonchev–Trinajstić information content (AvgIpc) is 3.18. The van der Waals surface area contributed by atoms with Crippen molar-refractivity contribution in [3.8, 4) is 0 Å². The molecule has 1 saturated heterocycles. The lowest BCUT2D eigenvalue weighted by molar-refractivity contribution is -0.0268. The van der Waals surface area contributed by atoms with Gasteiger partial charge >= 0.3 is 0 Å². The van der Waals surface area contributed by atoms with E-state index in [0.29, 0.717) is 31.2 Å². The highest BCUT2D eigenvalue weighted by Gasteiger charge is 2.29. The Labute approximate surface area is 125 Å². The number of ether oxygens (including phenoxy) is 1. The van der Waals surface area contributed by atoms with Crippen molar-refractivity contribution >= 4 is 17.4 Å². The largest absolute Gasteiger partial charge is 0.366 e. The molecule has 1 aliphatic rings. The third-order valence-corrected chi connectivity index (χ3v) is 3.76. The molecule has 2 aromatic heterocycles. The van der Waals surface area contributed by atoms with Crippen molar-refractivity contribution in [2.75, 3.05) is 19.7 Å². The van der Waals surface area contributed by atoms with Crippen LogP contribution in [-0.2, 0) is 11.2 Å². The van der Waals surface area contributed by atoms with Crippen LogP contribution in [0.3, 0.4) is 0 Å². The summed E-state index contributed by atoms with van der Waals surface area (Å²) < 4.78 is 9.40. The number of nitrogens with one attached hydrogen (secondary N) is 1. The summed E-state index contributed by atoms with van der Waals surface area (Å²) >= 11 is 1.17. The van der Waals surface area contributed by atoms with Gasteiger partial charge in [-0.15, -0.1) is 5.10 Å². The Bertz CT molecular complexity index is 599. The van der Waals surface area contributed by atoms with Crippen molar-refractivity contribution in [2.24, 2.45) is 0 Å². The van der Waals surface area contributed by atoms with E-state index in [1.165, 1.54) is 11.5 Å². The molecule has 0 bridgehead atoms. The van der Waals surface area contributed by atoms with E-state index in [-0.39, 0.29) is 12.0 Å². The third kappa shape index (κ3) is 3.08. The number of H-pyrrole nitrogens is 1. The minimum absolute atomic E-state index is 0.124. The Morgan fingerprint density at radius 2 is 2.52 bits per heavy atom. The molecular weight excluding hydrogens is 292 g/mol. The van der Waals surface area contributed by atoms with Crippen LogP contribution in [0.15, 0.2) is 5.38 Å². The van der Waals surface area contributed by atoms with Gasteiger partial charge in [0.15, 0.2) is 11.5 Å². The van der Waals surface area contributed by atoms with E-state index < -0.39 is 0 Å². The summed E-state index contributed by atoms with van der Waals surface area (Å²) in [5, 5.41) is 12.6. The van der Waals surface area contributed by atoms with Crippen LogP contribution in [-0.4, -0.2) is 55.3 Å². The van der Waals surface area contributed by atoms with Gasteiger partial charge in [-0.05, 0) is 18.0 Å². The molecule has 2 aromatic rings. The van der Waals surface area contributed by atoms with Gasteiger partial charge in [0.25, 0.3) is 5.91 Å². The standard InChI is InChI=1S/C12H16N6O2S/c1-2-3-10-13-11(16-15-10)9-6-18(4-5-20-9)12(19)8-7-21-17-14-8/h7,9H,2-6H2,1H3,(H,13,15,16)/t9-/m1/s1. The van der Waals surface area contributed by atoms with Crippen molar-refractivity contribution in [1.82, 2.24) is 29.7 Å². The van der Waals surface area contributed by atoms with Gasteiger partial charge in [-0.25, -0.2) is 4.98 Å². The number of aryl methyl sites for hydroxylation is 1. The molecular formula is C12H16N6O2S. The van der Waals surface area contributed by atoms with Crippen LogP contribution in [0.1, 0.15) is 41.6 Å². The lowest BCUT2D eigenvalue weighted by atomic mass is 10.2. The molecule has 1 atom stereocenters. The normalized spacial score (nSPS) is 18.9. The fourth-order valence-electron chi connectivity index (χ4n) is 2.21. The third-order valence-electron chi connectivity index (χ3n) is 3.26. The lowest BCUT2D eigenvalue weighted by Crippen LogP contribution is -2.42. The molecule has 0 saturated carbocycles. The van der Waals surface area contributed by atoms with Gasteiger partial charge in [0, 0.05) is 18.3 Å². The molecule has 1 aliphatic heterocycles. The molecule has 9 heteroatoms. The van der Waals surface area contributed by atoms with E-state index >= 15 is 0 Å². The number of hydrogen-bond donors (Lipinski definition) is 1. The first-order chi connectivity index (χ1) is 10.3. The number of aromatic amines is 1. The second-order valence-corrected chi connectivity index (χ2v) is 5.40. The van der Waals surface area contributed by atoms with Crippen molar-refractivity contribution in [1.29, 1.82) is 0 Å². The van der Waals surface area contributed by atoms with Crippen LogP contribution in [0.25, 0.3) is 0 Å². The van der Waals surface area contributed by atoms with Crippen LogP contribution in [0.5, 0.6) is 0 Å². The molecule has 1 N–H and O–H groups in total. The molecule has 0 aliphatic carbocycles. The minimum atomic E-state index is -0.295. The summed E-state index contributed by atoms with van der Waals surface area (Å²) in [4.78, 5) is 18.4. The highest BCUT2D eigenvalue weighted by Crippen LogP contribution is 2.20. The fourth-order valence-corrected chi connectivity index (χ4v) is 2.64. The number of morpholine rings is 1. The fraction of sp³-hybridized carbons (Fsp3) is 0.583. The van der Waals surface area contributed by atoms with Gasteiger partial charge in [0.1, 0.15) is 11.9 Å². The van der Waals surface area contributed by atoms with Crippen LogP contribution in [0.2, 0.25) is 0 Å². The Morgan fingerprint density at radius 3 is 3.29 bits per heavy atom. The quantitative estimate of drug-likeness (QED) is 0.898. The second kappa shape index (κ2) is 6.27. The number of aromatic nitrogens is 5. The van der Waals surface area contributed by atoms with E-state index in [4.69, 9.17) is 4.74 Å². The zero-order valence-electron chi connectivity index (χ0n) is 11.7. The lowest BCUT2D eigenvalue weighted by Gasteiger charge is -2.31. The molecule has 0 spiro atoms. The van der Waals surface area contributed by atoms with Crippen LogP contribution >= 0.6 is 11.5 Å². The smallest absolute Gasteiger partial charge is 0.275 e. The number of nitrogens with zero attached hydrogens (tertiary/aromatic N) is 5. The second-order valence-electron chi connectivity index (χ2n) is 4.79. The van der Waals surface area contributed by atoms with Gasteiger partial charge < -0.3 is 9.64 Å². The molecule has 0 unspecified atom stereocenters. The average molecular weight is 308 g/mol. The molecule has 21 heavy (non-hydrogen) atoms. The maximum absolute atomic E-state index is 12.3. The van der Waals surface area contributed by atoms with Crippen molar-refractivity contribution in [3.63, 3.8) is 0 Å². The topological polar surface area (TPSA) is 96.9 Å². The highest BCUT2D eigenvalue weighted by molar-refractivity contribution is 7.03. The number of amides is 1. The Hall–Kier alpha value is -1.87. The molecule has 3 rings (SSSR count). The summed E-state index contributed by atoms with van der Waals surface area (Å²) in [6.45, 7) is 3.52. The predicted molar refractivity (Wildman–Crippen MR) is 74.9 cm³/mol. The zero-order chi connectivity index (χ0) is 14.7. The Morgan fingerprint density at radius 1 is 1.62 bits per heavy atom. The van der Waals surface area contributed by atoms with E-state index in [9.17, 15) is 4.79 Å². The number of carbonyl (C=O) groups excluding carboxylic acids is 1. The van der Waals surface area contributed by atoms with Gasteiger partial charge in [-0.1, -0.05) is 11.4 Å². The molecule has 112 valence electrons. The Balaban J connectivity index is 1.69. The first kappa shape index (κ1) is 14.1. The van der Waals surface area contributed by atoms with Crippen LogP contribution < -0.4 is 0 Å². The van der Waals surface area contributed by atoms with Gasteiger partial charge in [0.2, 0.25) is 0 Å². The molecule has 1 fully saturated rings. The van der Waals surface area contributed by atoms with E-state index in [1.54, 1.807) is 10.3 Å². The van der Waals surface area contributed by atoms with Crippen molar-refractivity contribution in [2.45, 2.75) is 25.9 Å². The van der Waals surface area contributed by atoms with Crippen LogP contribution in [0, 0.1) is 0 Å². The number of hydrogen-bond acceptors (Lipinski definition) is 7. The minimum Gasteiger partial charge on any atom is -0.366 e. The Kier molecular flexibility index (Phi) is 4.20. The summed E-state index contributed by atoms with van der Waals surface area (Å²) in [6.07, 6.45) is 1.56. The predicted octanol–water partition coefficient (Wildman–Crippen LogP) is 0.822. The monoisotopic (exact) mass is 308 g/mol. The first-order valence-corrected chi connectivity index (χ1v) is 7.70. The molecule has 3 heterocycles. The van der Waals surface area contributed by atoms with Crippen LogP contribution in [0.4, 0.5) is 0 Å². The molecule has 0 aromatic carbocycles. The zero-order valence-corrected chi connectivity index (χ0v) is 12.5. The molecule has 8 nitrogen and oxygen atoms in total. The summed E-state index contributed by atoms with van der Waals surface area (Å²) in [7, 11) is 0.